The lowest BCUT2D eigenvalue weighted by Crippen LogP contribution is -2.06. The van der Waals surface area contributed by atoms with Crippen LogP contribution in [-0.2, 0) is 0 Å². The van der Waals surface area contributed by atoms with Crippen molar-refractivity contribution in [1.82, 2.24) is 9.97 Å². The van der Waals surface area contributed by atoms with E-state index in [9.17, 15) is 4.79 Å². The maximum absolute atomic E-state index is 12.0. The molecule has 2 aromatic heterocycles. The van der Waals surface area contributed by atoms with Crippen molar-refractivity contribution in [3.63, 3.8) is 0 Å². The van der Waals surface area contributed by atoms with Crippen LogP contribution in [0, 0.1) is 6.92 Å². The molecule has 0 aliphatic heterocycles. The number of rotatable bonds is 2. The first-order chi connectivity index (χ1) is 7.29. The van der Waals surface area contributed by atoms with E-state index in [1.165, 1.54) is 0 Å². The fraction of sp³-hybridized carbons (Fsp3) is 0.0833. The van der Waals surface area contributed by atoms with Gasteiger partial charge in [0, 0.05) is 24.2 Å². The Hall–Kier alpha value is -2.03. The molecule has 0 radical (unpaired) electrons. The van der Waals surface area contributed by atoms with Gasteiger partial charge in [0.1, 0.15) is 5.69 Å². The monoisotopic (exact) mass is 198 g/mol. The summed E-state index contributed by atoms with van der Waals surface area (Å²) in [6.07, 6.45) is 4.81. The number of aromatic nitrogens is 2. The normalized spacial score (nSPS) is 9.93. The highest BCUT2D eigenvalue weighted by Gasteiger charge is 2.12. The van der Waals surface area contributed by atoms with Gasteiger partial charge in [0.15, 0.2) is 0 Å². The van der Waals surface area contributed by atoms with Crippen molar-refractivity contribution >= 4 is 5.78 Å². The highest BCUT2D eigenvalue weighted by Crippen LogP contribution is 2.09. The van der Waals surface area contributed by atoms with Crippen molar-refractivity contribution in [2.75, 3.05) is 0 Å². The van der Waals surface area contributed by atoms with Crippen LogP contribution in [-0.4, -0.2) is 15.8 Å². The van der Waals surface area contributed by atoms with Crippen LogP contribution in [0.3, 0.4) is 0 Å². The Labute approximate surface area is 87.8 Å². The minimum absolute atomic E-state index is 0.0822. The molecule has 0 aliphatic carbocycles. The molecule has 0 saturated carbocycles. The SMILES string of the molecule is Cc1cccnc1C(=O)c1cccnc1. The van der Waals surface area contributed by atoms with Crippen molar-refractivity contribution in [2.45, 2.75) is 6.92 Å². The Kier molecular flexibility index (Phi) is 2.54. The van der Waals surface area contributed by atoms with Crippen LogP contribution in [0.1, 0.15) is 21.6 Å². The quantitative estimate of drug-likeness (QED) is 0.693. The predicted octanol–water partition coefficient (Wildman–Crippen LogP) is 2.02. The Morgan fingerprint density at radius 2 is 2.00 bits per heavy atom. The Bertz CT molecular complexity index is 480. The van der Waals surface area contributed by atoms with E-state index in [2.05, 4.69) is 9.97 Å². The number of hydrogen-bond donors (Lipinski definition) is 0. The summed E-state index contributed by atoms with van der Waals surface area (Å²) in [6.45, 7) is 1.87. The molecule has 0 aromatic carbocycles. The van der Waals surface area contributed by atoms with E-state index in [-0.39, 0.29) is 5.78 Å². The third-order valence-corrected chi connectivity index (χ3v) is 2.15. The first-order valence-electron chi connectivity index (χ1n) is 4.65. The zero-order valence-corrected chi connectivity index (χ0v) is 8.34. The Morgan fingerprint density at radius 3 is 2.67 bits per heavy atom. The summed E-state index contributed by atoms with van der Waals surface area (Å²) in [7, 11) is 0. The number of ketones is 1. The largest absolute Gasteiger partial charge is 0.287 e. The van der Waals surface area contributed by atoms with Crippen molar-refractivity contribution in [3.8, 4) is 0 Å². The number of nitrogens with zero attached hydrogens (tertiary/aromatic N) is 2. The lowest BCUT2D eigenvalue weighted by molar-refractivity contribution is 0.103. The molecule has 0 aliphatic rings. The van der Waals surface area contributed by atoms with E-state index < -0.39 is 0 Å². The number of hydrogen-bond acceptors (Lipinski definition) is 3. The second-order valence-corrected chi connectivity index (χ2v) is 3.24. The van der Waals surface area contributed by atoms with Gasteiger partial charge in [-0.15, -0.1) is 0 Å². The number of pyridine rings is 2. The standard InChI is InChI=1S/C12H10N2O/c1-9-4-2-7-14-11(9)12(15)10-5-3-6-13-8-10/h2-8H,1H3. The van der Waals surface area contributed by atoms with Gasteiger partial charge >= 0.3 is 0 Å². The van der Waals surface area contributed by atoms with Crippen LogP contribution in [0.2, 0.25) is 0 Å². The lowest BCUT2D eigenvalue weighted by Gasteiger charge is -2.02. The molecular weight excluding hydrogens is 188 g/mol. The first kappa shape index (κ1) is 9.52. The maximum atomic E-state index is 12.0. The first-order valence-corrected chi connectivity index (χ1v) is 4.65. The second-order valence-electron chi connectivity index (χ2n) is 3.24. The molecule has 0 atom stereocenters. The van der Waals surface area contributed by atoms with Gasteiger partial charge in [0.25, 0.3) is 0 Å². The summed E-state index contributed by atoms with van der Waals surface area (Å²) in [6, 6.07) is 7.17. The van der Waals surface area contributed by atoms with Gasteiger partial charge in [-0.3, -0.25) is 14.8 Å². The summed E-state index contributed by atoms with van der Waals surface area (Å²) >= 11 is 0. The number of carbonyl (C=O) groups excluding carboxylic acids is 1. The van der Waals surface area contributed by atoms with Crippen LogP contribution >= 0.6 is 0 Å². The van der Waals surface area contributed by atoms with Gasteiger partial charge in [0.05, 0.1) is 0 Å². The zero-order chi connectivity index (χ0) is 10.7. The van der Waals surface area contributed by atoms with E-state index in [1.807, 2.05) is 19.1 Å². The summed E-state index contributed by atoms with van der Waals surface area (Å²) in [5, 5.41) is 0. The van der Waals surface area contributed by atoms with Gasteiger partial charge in [-0.2, -0.15) is 0 Å². The zero-order valence-electron chi connectivity index (χ0n) is 8.34. The number of aryl methyl sites for hydroxylation is 1. The predicted molar refractivity (Wildman–Crippen MR) is 56.6 cm³/mol. The van der Waals surface area contributed by atoms with Crippen LogP contribution in [0.15, 0.2) is 42.9 Å². The lowest BCUT2D eigenvalue weighted by atomic mass is 10.1. The topological polar surface area (TPSA) is 42.9 Å². The van der Waals surface area contributed by atoms with Crippen LogP contribution in [0.25, 0.3) is 0 Å². The third-order valence-electron chi connectivity index (χ3n) is 2.15. The van der Waals surface area contributed by atoms with Crippen molar-refractivity contribution < 1.29 is 4.79 Å². The van der Waals surface area contributed by atoms with E-state index in [0.717, 1.165) is 5.56 Å². The van der Waals surface area contributed by atoms with E-state index >= 15 is 0 Å². The van der Waals surface area contributed by atoms with Gasteiger partial charge < -0.3 is 0 Å². The molecule has 74 valence electrons. The molecule has 0 fully saturated rings. The minimum atomic E-state index is -0.0822. The maximum Gasteiger partial charge on any atom is 0.213 e. The molecule has 0 N–H and O–H groups in total. The summed E-state index contributed by atoms with van der Waals surface area (Å²) < 4.78 is 0. The van der Waals surface area contributed by atoms with Crippen LogP contribution < -0.4 is 0 Å². The molecule has 0 saturated heterocycles. The van der Waals surface area contributed by atoms with Crippen LogP contribution in [0.5, 0.6) is 0 Å². The summed E-state index contributed by atoms with van der Waals surface area (Å²) in [5.74, 6) is -0.0822. The van der Waals surface area contributed by atoms with Gasteiger partial charge in [-0.05, 0) is 30.7 Å². The molecule has 0 bridgehead atoms. The number of carbonyl (C=O) groups is 1. The summed E-state index contributed by atoms with van der Waals surface area (Å²) in [5.41, 5.74) is 1.94. The Morgan fingerprint density at radius 1 is 1.20 bits per heavy atom. The van der Waals surface area contributed by atoms with Gasteiger partial charge in [-0.1, -0.05) is 6.07 Å². The fourth-order valence-electron chi connectivity index (χ4n) is 1.36. The van der Waals surface area contributed by atoms with Gasteiger partial charge in [0.2, 0.25) is 5.78 Å². The van der Waals surface area contributed by atoms with E-state index in [1.54, 1.807) is 30.7 Å². The molecule has 2 rings (SSSR count). The van der Waals surface area contributed by atoms with Crippen molar-refractivity contribution in [1.29, 1.82) is 0 Å². The molecule has 0 amide bonds. The third kappa shape index (κ3) is 1.91. The molecule has 0 spiro atoms. The second kappa shape index (κ2) is 4.00. The average molecular weight is 198 g/mol. The average Bonchev–Trinajstić information content (AvgIpc) is 2.30. The van der Waals surface area contributed by atoms with Gasteiger partial charge in [-0.25, -0.2) is 0 Å². The van der Waals surface area contributed by atoms with Crippen molar-refractivity contribution in [2.24, 2.45) is 0 Å². The highest BCUT2D eigenvalue weighted by molar-refractivity contribution is 6.08. The van der Waals surface area contributed by atoms with Crippen LogP contribution in [0.4, 0.5) is 0 Å². The molecule has 3 nitrogen and oxygen atoms in total. The molecule has 2 heterocycles. The fourth-order valence-corrected chi connectivity index (χ4v) is 1.36. The Balaban J connectivity index is 2.42. The van der Waals surface area contributed by atoms with Crippen molar-refractivity contribution in [3.05, 3.63) is 59.7 Å². The highest BCUT2D eigenvalue weighted by atomic mass is 16.1. The smallest absolute Gasteiger partial charge is 0.213 e. The molecule has 0 unspecified atom stereocenters. The van der Waals surface area contributed by atoms with E-state index in [4.69, 9.17) is 0 Å². The molecular formula is C12H10N2O. The minimum Gasteiger partial charge on any atom is -0.287 e. The molecule has 2 aromatic rings. The summed E-state index contributed by atoms with van der Waals surface area (Å²) in [4.78, 5) is 20.0. The van der Waals surface area contributed by atoms with E-state index in [0.29, 0.717) is 11.3 Å². The molecule has 15 heavy (non-hydrogen) atoms. The molecule has 3 heteroatoms.